The number of fused-ring (bicyclic) bond motifs is 2. The number of nitrogens with one attached hydrogen (secondary N) is 2. The molecule has 8 aromatic rings. The number of carboxylic acids is 1. The van der Waals surface area contributed by atoms with Crippen LogP contribution in [0.5, 0.6) is 17.2 Å². The molecule has 26 nitrogen and oxygen atoms in total. The summed E-state index contributed by atoms with van der Waals surface area (Å²) in [6.45, 7) is 0. The zero-order valence-corrected chi connectivity index (χ0v) is 39.5. The molecule has 0 unspecified atom stereocenters. The van der Waals surface area contributed by atoms with E-state index in [0.717, 1.165) is 30.3 Å². The number of hydrogen-bond donors (Lipinski definition) is 10. The summed E-state index contributed by atoms with van der Waals surface area (Å²) in [5, 5.41) is 89.6. The molecule has 0 aliphatic heterocycles. The molecular formula is C43H31N9O17S4. The number of aromatic hydroxyl groups is 3. The van der Waals surface area contributed by atoms with Crippen LogP contribution in [-0.4, -0.2) is 77.8 Å². The average molecular weight is 1070 g/mol. The maximum absolute atomic E-state index is 12.7. The van der Waals surface area contributed by atoms with Gasteiger partial charge in [-0.05, 0) is 95.2 Å². The fraction of sp³-hybridized carbons (Fsp3) is 0.0233. The van der Waals surface area contributed by atoms with Crippen LogP contribution in [0.15, 0.2) is 155 Å². The number of phenolic OH excluding ortho intramolecular Hbond substituents is 2. The van der Waals surface area contributed by atoms with Gasteiger partial charge in [0.2, 0.25) is 11.9 Å². The Morgan fingerprint density at radius 2 is 1.26 bits per heavy atom. The van der Waals surface area contributed by atoms with E-state index in [4.69, 9.17) is 10.5 Å². The Morgan fingerprint density at radius 1 is 0.630 bits per heavy atom. The molecule has 30 heteroatoms. The van der Waals surface area contributed by atoms with Gasteiger partial charge in [-0.2, -0.15) is 42.0 Å². The van der Waals surface area contributed by atoms with E-state index < -0.39 is 58.9 Å². The van der Waals surface area contributed by atoms with Gasteiger partial charge in [0, 0.05) is 28.5 Å². The number of aromatic carboxylic acids is 1. The quantitative estimate of drug-likeness (QED) is 0.0118. The Morgan fingerprint density at radius 3 is 1.93 bits per heavy atom. The fourth-order valence-electron chi connectivity index (χ4n) is 6.89. The van der Waals surface area contributed by atoms with E-state index in [1.165, 1.54) is 30.3 Å². The molecule has 374 valence electrons. The molecule has 0 amide bonds. The highest BCUT2D eigenvalue weighted by Gasteiger charge is 2.24. The Kier molecular flexibility index (Phi) is 15.3. The first-order valence-electron chi connectivity index (χ1n) is 20.1. The van der Waals surface area contributed by atoms with Gasteiger partial charge in [-0.15, -0.1) is 18.9 Å². The van der Waals surface area contributed by atoms with Gasteiger partial charge in [0.05, 0.1) is 66.9 Å². The van der Waals surface area contributed by atoms with Gasteiger partial charge in [-0.25, -0.2) is 15.3 Å². The third kappa shape index (κ3) is 12.4. The highest BCUT2D eigenvalue weighted by atomic mass is 32.2. The van der Waals surface area contributed by atoms with Gasteiger partial charge >= 0.3 is 5.97 Å². The lowest BCUT2D eigenvalue weighted by Gasteiger charge is -2.16. The number of benzene rings is 7. The van der Waals surface area contributed by atoms with E-state index in [2.05, 4.69) is 64.8 Å². The first-order chi connectivity index (χ1) is 34.9. The lowest BCUT2D eigenvalue weighted by molar-refractivity contribution is -0.432. The summed E-state index contributed by atoms with van der Waals surface area (Å²) < 4.78 is 78.5. The molecule has 8 rings (SSSR count). The van der Waals surface area contributed by atoms with Crippen molar-refractivity contribution in [1.29, 1.82) is 0 Å². The van der Waals surface area contributed by atoms with Crippen LogP contribution in [-0.2, 0) is 45.4 Å². The lowest BCUT2D eigenvalue weighted by atomic mass is 10.1. The summed E-state index contributed by atoms with van der Waals surface area (Å²) >= 11 is 0.669. The predicted molar refractivity (Wildman–Crippen MR) is 258 cm³/mol. The smallest absolute Gasteiger partial charge is 0.339 e. The Balaban J connectivity index is 1.22. The van der Waals surface area contributed by atoms with Crippen molar-refractivity contribution in [3.63, 3.8) is 0 Å². The molecule has 0 aliphatic carbocycles. The van der Waals surface area contributed by atoms with Gasteiger partial charge in [0.1, 0.15) is 28.6 Å². The van der Waals surface area contributed by atoms with Gasteiger partial charge < -0.3 is 31.1 Å². The Labute approximate surface area is 417 Å². The molecule has 7 aromatic carbocycles. The number of hydrogen-bond acceptors (Lipinski definition) is 25. The average Bonchev–Trinajstić information content (AvgIpc) is 3.34. The van der Waals surface area contributed by atoms with E-state index in [1.807, 2.05) is 0 Å². The molecule has 0 saturated heterocycles. The van der Waals surface area contributed by atoms with Gasteiger partial charge in [-0.3, -0.25) is 9.11 Å². The van der Waals surface area contributed by atoms with E-state index in [0.29, 0.717) is 29.0 Å². The number of carbonyl (C=O) groups is 1. The number of azo groups is 2. The van der Waals surface area contributed by atoms with Crippen LogP contribution in [0.2, 0.25) is 0 Å². The van der Waals surface area contributed by atoms with Crippen molar-refractivity contribution in [1.82, 2.24) is 15.0 Å². The van der Waals surface area contributed by atoms with Crippen LogP contribution in [0, 0.1) is 0 Å². The van der Waals surface area contributed by atoms with E-state index >= 15 is 0 Å². The van der Waals surface area contributed by atoms with Crippen LogP contribution in [0.4, 0.5) is 46.0 Å². The normalized spacial score (nSPS) is 12.1. The van der Waals surface area contributed by atoms with Crippen molar-refractivity contribution < 1.29 is 80.4 Å². The minimum Gasteiger partial charge on any atom is -0.507 e. The summed E-state index contributed by atoms with van der Waals surface area (Å²) in [6.07, 6.45) is 0.0628. The molecule has 0 fully saturated rings. The number of anilines is 4. The second kappa shape index (κ2) is 21.8. The molecule has 0 saturated carbocycles. The first kappa shape index (κ1) is 51.4. The maximum atomic E-state index is 12.7. The fourth-order valence-corrected chi connectivity index (χ4v) is 8.91. The van der Waals surface area contributed by atoms with Crippen LogP contribution in [0.25, 0.3) is 21.5 Å². The van der Waals surface area contributed by atoms with Crippen molar-refractivity contribution in [2.24, 2.45) is 20.5 Å². The number of nitrogens with zero attached hydrogens (tertiary/aromatic N) is 7. The molecule has 1 heterocycles. The van der Waals surface area contributed by atoms with Crippen LogP contribution in [0.1, 0.15) is 21.7 Å². The number of rotatable bonds is 19. The van der Waals surface area contributed by atoms with Gasteiger partial charge in [0.25, 0.3) is 20.2 Å². The first-order valence-corrected chi connectivity index (χ1v) is 24.4. The molecule has 0 aliphatic rings. The minimum atomic E-state index is -4.98. The Hall–Kier alpha value is -7.98. The second-order valence-corrected chi connectivity index (χ2v) is 19.2. The van der Waals surface area contributed by atoms with E-state index in [9.17, 15) is 51.2 Å². The molecule has 73 heavy (non-hydrogen) atoms. The molecule has 10 N–H and O–H groups in total. The standard InChI is InChI=1S/C43H31N9O17S4/c53-33-11-10-26(17-30(33)41(56)57)50-49-25-8-6-21(7-9-25)12-36-46-42(44-24-4-2-1-3-5-24)48-43(47-36)45-31-19-28(72(60,61)62)15-23-16-35(71-69-67-59)39(40(55)38(23)31)52-51-32-18-27(70-68-66-58)13-22-14-29(73(63,64)65)20-34(54)37(22)32/h1-11,13-20,53-55,58-59H,12H2,(H,56,57)(H,60,61,62)(H,63,64,65)(H2,44,45,46,47,48). The SMILES string of the molecule is O=C(O)c1cc(N=Nc2ccc(Cc3nc(Nc4ccccc4)nc(Nc4cc(S(=O)(=O)O)cc5cc(SOOO)c(N=Nc6cc(SOOO)cc7cc(S(=O)(=O)O)cc(O)c67)c(O)c45)n3)cc2)ccc1O. The Bertz CT molecular complexity index is 3730. The van der Waals surface area contributed by atoms with E-state index in [-0.39, 0.29) is 90.1 Å². The third-order valence-electron chi connectivity index (χ3n) is 9.99. The summed E-state index contributed by atoms with van der Waals surface area (Å²) in [5.41, 5.74) is 0.513. The second-order valence-electron chi connectivity index (χ2n) is 14.8. The molecule has 0 bridgehead atoms. The summed E-state index contributed by atoms with van der Waals surface area (Å²) in [4.78, 5) is 23.5. The van der Waals surface area contributed by atoms with Crippen molar-refractivity contribution in [3.05, 3.63) is 132 Å². The predicted octanol–water partition coefficient (Wildman–Crippen LogP) is 10.3. The summed E-state index contributed by atoms with van der Waals surface area (Å²) in [6, 6.07) is 26.5. The van der Waals surface area contributed by atoms with Crippen molar-refractivity contribution >= 4 is 118 Å². The maximum Gasteiger partial charge on any atom is 0.339 e. The van der Waals surface area contributed by atoms with Crippen LogP contribution >= 0.6 is 24.1 Å². The third-order valence-corrected chi connectivity index (χ3v) is 12.8. The number of para-hydroxylation sites is 1. The zero-order chi connectivity index (χ0) is 52.0. The molecule has 0 atom stereocenters. The number of carboxylic acid groups (broad SMARTS) is 1. The van der Waals surface area contributed by atoms with Crippen molar-refractivity contribution in [3.8, 4) is 17.2 Å². The van der Waals surface area contributed by atoms with Gasteiger partial charge in [0.15, 0.2) is 5.75 Å². The molecule has 0 spiro atoms. The van der Waals surface area contributed by atoms with Gasteiger partial charge in [-0.1, -0.05) is 40.4 Å². The zero-order valence-electron chi connectivity index (χ0n) is 36.2. The van der Waals surface area contributed by atoms with Crippen molar-refractivity contribution in [2.45, 2.75) is 26.0 Å². The van der Waals surface area contributed by atoms with Crippen LogP contribution in [0.3, 0.4) is 0 Å². The summed E-state index contributed by atoms with van der Waals surface area (Å²) in [5.74, 6) is -3.28. The molecule has 1 aromatic heterocycles. The highest BCUT2D eigenvalue weighted by molar-refractivity contribution is 7.95. The van der Waals surface area contributed by atoms with Crippen molar-refractivity contribution in [2.75, 3.05) is 10.6 Å². The summed E-state index contributed by atoms with van der Waals surface area (Å²) in [7, 11) is -9.82. The van der Waals surface area contributed by atoms with E-state index in [1.54, 1.807) is 54.6 Å². The van der Waals surface area contributed by atoms with Crippen LogP contribution < -0.4 is 10.6 Å². The topological polar surface area (TPSA) is 396 Å². The largest absolute Gasteiger partial charge is 0.507 e. The minimum absolute atomic E-state index is 0.00284. The lowest BCUT2D eigenvalue weighted by Crippen LogP contribution is -2.09. The monoisotopic (exact) mass is 1070 g/mol. The number of aromatic nitrogens is 3. The molecular weight excluding hydrogens is 1040 g/mol. The molecule has 0 radical (unpaired) electrons. The number of phenols is 3. The highest BCUT2D eigenvalue weighted by Crippen LogP contribution is 2.48.